The number of nitrogens with zero attached hydrogens (tertiary/aromatic N) is 2. The Morgan fingerprint density at radius 2 is 2.05 bits per heavy atom. The Balaban J connectivity index is 1.83. The molecule has 0 bridgehead atoms. The summed E-state index contributed by atoms with van der Waals surface area (Å²) >= 11 is 3.55. The predicted octanol–water partition coefficient (Wildman–Crippen LogP) is 3.72. The normalized spacial score (nSPS) is 12.2. The molecule has 0 aliphatic carbocycles. The Morgan fingerprint density at radius 1 is 1.25 bits per heavy atom. The van der Waals surface area contributed by atoms with Crippen molar-refractivity contribution in [3.63, 3.8) is 0 Å². The summed E-state index contributed by atoms with van der Waals surface area (Å²) in [7, 11) is 2.14. The lowest BCUT2D eigenvalue weighted by Gasteiger charge is -2.19. The summed E-state index contributed by atoms with van der Waals surface area (Å²) in [6.45, 7) is 9.28. The summed E-state index contributed by atoms with van der Waals surface area (Å²) < 4.78 is 0. The smallest absolute Gasteiger partial charge is 0.107 e. The first-order valence-corrected chi connectivity index (χ1v) is 8.57. The Hall–Kier alpha value is -0.750. The molecule has 3 nitrogen and oxygen atoms in total. The van der Waals surface area contributed by atoms with Crippen molar-refractivity contribution in [1.82, 2.24) is 15.2 Å². The van der Waals surface area contributed by atoms with Gasteiger partial charge < -0.3 is 5.32 Å². The summed E-state index contributed by atoms with van der Waals surface area (Å²) in [6, 6.07) is 4.29. The van der Waals surface area contributed by atoms with Crippen LogP contribution < -0.4 is 5.32 Å². The van der Waals surface area contributed by atoms with E-state index in [9.17, 15) is 0 Å². The average Bonchev–Trinajstić information content (AvgIpc) is 2.97. The maximum absolute atomic E-state index is 4.70. The lowest BCUT2D eigenvalue weighted by atomic mass is 10.1. The van der Waals surface area contributed by atoms with Gasteiger partial charge in [0.05, 0.1) is 5.69 Å². The molecule has 2 aromatic heterocycles. The minimum absolute atomic E-state index is 0.141. The van der Waals surface area contributed by atoms with Gasteiger partial charge in [-0.15, -0.1) is 22.7 Å². The molecule has 2 heterocycles. The lowest BCUT2D eigenvalue weighted by Crippen LogP contribution is -2.35. The van der Waals surface area contributed by atoms with Crippen LogP contribution in [0.3, 0.4) is 0 Å². The number of aromatic nitrogens is 1. The minimum atomic E-state index is 0.141. The van der Waals surface area contributed by atoms with Gasteiger partial charge in [-0.2, -0.15) is 0 Å². The van der Waals surface area contributed by atoms with Gasteiger partial charge in [0, 0.05) is 35.4 Å². The van der Waals surface area contributed by atoms with Gasteiger partial charge >= 0.3 is 0 Å². The zero-order chi connectivity index (χ0) is 14.6. The van der Waals surface area contributed by atoms with Crippen LogP contribution in [0, 0.1) is 0 Å². The first-order valence-electron chi connectivity index (χ1n) is 6.81. The highest BCUT2D eigenvalue weighted by Crippen LogP contribution is 2.15. The van der Waals surface area contributed by atoms with E-state index in [0.29, 0.717) is 0 Å². The molecule has 2 rings (SSSR count). The van der Waals surface area contributed by atoms with E-state index >= 15 is 0 Å². The van der Waals surface area contributed by atoms with Crippen molar-refractivity contribution in [3.05, 3.63) is 38.5 Å². The topological polar surface area (TPSA) is 28.2 Å². The summed E-state index contributed by atoms with van der Waals surface area (Å²) in [4.78, 5) is 8.41. The standard InChI is InChI=1S/C15H23N3S2/c1-15(2,3)16-8-14-17-12(11-20-14)9-18(4)10-13-6-5-7-19-13/h5-7,11,16H,8-10H2,1-4H3. The number of thiazole rings is 1. The van der Waals surface area contributed by atoms with Gasteiger partial charge in [-0.25, -0.2) is 4.98 Å². The van der Waals surface area contributed by atoms with E-state index in [1.54, 1.807) is 11.3 Å². The molecule has 2 aromatic rings. The molecule has 0 aromatic carbocycles. The molecule has 0 radical (unpaired) electrons. The molecular weight excluding hydrogens is 286 g/mol. The Morgan fingerprint density at radius 3 is 2.70 bits per heavy atom. The van der Waals surface area contributed by atoms with E-state index in [1.807, 2.05) is 11.3 Å². The molecule has 0 atom stereocenters. The molecule has 0 unspecified atom stereocenters. The van der Waals surface area contributed by atoms with Crippen LogP contribution >= 0.6 is 22.7 Å². The average molecular weight is 310 g/mol. The first kappa shape index (κ1) is 15.6. The van der Waals surface area contributed by atoms with E-state index in [-0.39, 0.29) is 5.54 Å². The van der Waals surface area contributed by atoms with Gasteiger partial charge in [0.2, 0.25) is 0 Å². The maximum Gasteiger partial charge on any atom is 0.107 e. The van der Waals surface area contributed by atoms with E-state index in [4.69, 9.17) is 4.98 Å². The van der Waals surface area contributed by atoms with Crippen molar-refractivity contribution in [2.24, 2.45) is 0 Å². The third-order valence-corrected chi connectivity index (χ3v) is 4.57. The number of rotatable bonds is 6. The quantitative estimate of drug-likeness (QED) is 0.881. The minimum Gasteiger partial charge on any atom is -0.306 e. The fourth-order valence-corrected chi connectivity index (χ4v) is 3.35. The highest BCUT2D eigenvalue weighted by Gasteiger charge is 2.11. The second-order valence-electron chi connectivity index (χ2n) is 6.09. The van der Waals surface area contributed by atoms with Crippen molar-refractivity contribution >= 4 is 22.7 Å². The van der Waals surface area contributed by atoms with Crippen LogP contribution in [0.2, 0.25) is 0 Å². The van der Waals surface area contributed by atoms with Gasteiger partial charge in [0.25, 0.3) is 0 Å². The molecule has 5 heteroatoms. The zero-order valence-electron chi connectivity index (χ0n) is 12.6. The van der Waals surface area contributed by atoms with Crippen molar-refractivity contribution < 1.29 is 0 Å². The van der Waals surface area contributed by atoms with Crippen LogP contribution in [0.4, 0.5) is 0 Å². The van der Waals surface area contributed by atoms with E-state index in [1.165, 1.54) is 15.6 Å². The van der Waals surface area contributed by atoms with Crippen LogP contribution in [-0.4, -0.2) is 22.5 Å². The fraction of sp³-hybridized carbons (Fsp3) is 0.533. The number of hydrogen-bond donors (Lipinski definition) is 1. The molecule has 0 spiro atoms. The van der Waals surface area contributed by atoms with Crippen molar-refractivity contribution in [2.75, 3.05) is 7.05 Å². The SMILES string of the molecule is CN(Cc1csc(CNC(C)(C)C)n1)Cc1cccs1. The third kappa shape index (κ3) is 5.32. The van der Waals surface area contributed by atoms with Crippen LogP contribution in [0.15, 0.2) is 22.9 Å². The van der Waals surface area contributed by atoms with Gasteiger partial charge in [0.1, 0.15) is 5.01 Å². The van der Waals surface area contributed by atoms with Gasteiger partial charge in [-0.1, -0.05) is 6.07 Å². The maximum atomic E-state index is 4.70. The molecule has 0 aliphatic heterocycles. The third-order valence-electron chi connectivity index (χ3n) is 2.81. The Labute approximate surface area is 129 Å². The largest absolute Gasteiger partial charge is 0.306 e. The van der Waals surface area contributed by atoms with E-state index < -0.39 is 0 Å². The fourth-order valence-electron chi connectivity index (χ4n) is 1.84. The number of hydrogen-bond acceptors (Lipinski definition) is 5. The molecule has 0 fully saturated rings. The van der Waals surface area contributed by atoms with Gasteiger partial charge in [0.15, 0.2) is 0 Å². The predicted molar refractivity (Wildman–Crippen MR) is 88.2 cm³/mol. The summed E-state index contributed by atoms with van der Waals surface area (Å²) in [5.74, 6) is 0. The second-order valence-corrected chi connectivity index (χ2v) is 8.06. The number of thiophene rings is 1. The molecule has 0 saturated carbocycles. The summed E-state index contributed by atoms with van der Waals surface area (Å²) in [6.07, 6.45) is 0. The van der Waals surface area contributed by atoms with E-state index in [0.717, 1.165) is 19.6 Å². The lowest BCUT2D eigenvalue weighted by molar-refractivity contribution is 0.318. The molecule has 110 valence electrons. The highest BCUT2D eigenvalue weighted by atomic mass is 32.1. The second kappa shape index (κ2) is 6.80. The van der Waals surface area contributed by atoms with Crippen molar-refractivity contribution in [3.8, 4) is 0 Å². The van der Waals surface area contributed by atoms with Crippen molar-refractivity contribution in [1.29, 1.82) is 0 Å². The summed E-state index contributed by atoms with van der Waals surface area (Å²) in [5, 5.41) is 8.94. The molecular formula is C15H23N3S2. The zero-order valence-corrected chi connectivity index (χ0v) is 14.3. The first-order chi connectivity index (χ1) is 9.42. The van der Waals surface area contributed by atoms with Crippen LogP contribution in [0.5, 0.6) is 0 Å². The van der Waals surface area contributed by atoms with Gasteiger partial charge in [-0.3, -0.25) is 4.90 Å². The monoisotopic (exact) mass is 309 g/mol. The highest BCUT2D eigenvalue weighted by molar-refractivity contribution is 7.10. The number of nitrogens with one attached hydrogen (secondary N) is 1. The van der Waals surface area contributed by atoms with Crippen molar-refractivity contribution in [2.45, 2.75) is 45.9 Å². The Kier molecular flexibility index (Phi) is 5.32. The van der Waals surface area contributed by atoms with Gasteiger partial charge in [-0.05, 0) is 39.3 Å². The van der Waals surface area contributed by atoms with Crippen LogP contribution in [-0.2, 0) is 19.6 Å². The van der Waals surface area contributed by atoms with Crippen LogP contribution in [0.25, 0.3) is 0 Å². The Bertz CT molecular complexity index is 511. The molecule has 20 heavy (non-hydrogen) atoms. The molecule has 0 amide bonds. The molecule has 0 saturated heterocycles. The molecule has 0 aliphatic rings. The molecule has 1 N–H and O–H groups in total. The summed E-state index contributed by atoms with van der Waals surface area (Å²) in [5.41, 5.74) is 1.31. The van der Waals surface area contributed by atoms with Crippen LogP contribution in [0.1, 0.15) is 36.3 Å². The van der Waals surface area contributed by atoms with E-state index in [2.05, 4.69) is 60.9 Å².